The van der Waals surface area contributed by atoms with Gasteiger partial charge in [-0.25, -0.2) is 8.42 Å². The van der Waals surface area contributed by atoms with E-state index in [0.717, 1.165) is 16.3 Å². The second-order valence-electron chi connectivity index (χ2n) is 9.39. The van der Waals surface area contributed by atoms with Crippen LogP contribution in [0.2, 0.25) is 0 Å². The summed E-state index contributed by atoms with van der Waals surface area (Å²) in [6, 6.07) is 20.6. The fourth-order valence-electron chi connectivity index (χ4n) is 3.97. The number of anilines is 1. The predicted octanol–water partition coefficient (Wildman–Crippen LogP) is 4.23. The summed E-state index contributed by atoms with van der Waals surface area (Å²) in [5, 5.41) is 2.92. The Hall–Kier alpha value is -4.05. The highest BCUT2D eigenvalue weighted by Crippen LogP contribution is 2.26. The molecular formula is C30H37N3O6S. The van der Waals surface area contributed by atoms with Crippen LogP contribution in [0.15, 0.2) is 83.8 Å². The van der Waals surface area contributed by atoms with Gasteiger partial charge in [-0.15, -0.1) is 0 Å². The lowest BCUT2D eigenvalue weighted by Gasteiger charge is -2.32. The molecule has 0 saturated carbocycles. The van der Waals surface area contributed by atoms with Crippen LogP contribution >= 0.6 is 0 Å². The topological polar surface area (TPSA) is 105 Å². The molecule has 0 heterocycles. The van der Waals surface area contributed by atoms with E-state index in [1.165, 1.54) is 24.1 Å². The molecule has 3 rings (SSSR count). The zero-order chi connectivity index (χ0) is 29.3. The van der Waals surface area contributed by atoms with Gasteiger partial charge in [-0.2, -0.15) is 0 Å². The van der Waals surface area contributed by atoms with Gasteiger partial charge in [0.15, 0.2) is 0 Å². The van der Waals surface area contributed by atoms with Crippen molar-refractivity contribution in [3.8, 4) is 11.5 Å². The Morgan fingerprint density at radius 1 is 0.850 bits per heavy atom. The van der Waals surface area contributed by atoms with Crippen LogP contribution < -0.4 is 19.1 Å². The third-order valence-electron chi connectivity index (χ3n) is 6.65. The molecule has 0 saturated heterocycles. The molecule has 1 N–H and O–H groups in total. The van der Waals surface area contributed by atoms with Crippen LogP contribution in [0.3, 0.4) is 0 Å². The first-order valence-corrected chi connectivity index (χ1v) is 14.5. The second-order valence-corrected chi connectivity index (χ2v) is 11.2. The number of ether oxygens (including phenoxy) is 2. The third kappa shape index (κ3) is 7.53. The van der Waals surface area contributed by atoms with Gasteiger partial charge in [-0.1, -0.05) is 37.3 Å². The predicted molar refractivity (Wildman–Crippen MR) is 155 cm³/mol. The zero-order valence-electron chi connectivity index (χ0n) is 23.5. The molecule has 0 unspecified atom stereocenters. The lowest BCUT2D eigenvalue weighted by atomic mass is 10.1. The molecule has 0 aliphatic carbocycles. The number of hydrogen-bond donors (Lipinski definition) is 1. The smallest absolute Gasteiger partial charge is 0.264 e. The highest BCUT2D eigenvalue weighted by molar-refractivity contribution is 7.92. The highest BCUT2D eigenvalue weighted by atomic mass is 32.2. The average molecular weight is 568 g/mol. The number of benzene rings is 3. The van der Waals surface area contributed by atoms with Crippen molar-refractivity contribution < 1.29 is 27.5 Å². The van der Waals surface area contributed by atoms with E-state index in [-0.39, 0.29) is 23.4 Å². The number of methoxy groups -OCH3 is 2. The Morgan fingerprint density at radius 2 is 1.40 bits per heavy atom. The molecule has 0 aliphatic rings. The maximum absolute atomic E-state index is 13.9. The monoisotopic (exact) mass is 567 g/mol. The van der Waals surface area contributed by atoms with E-state index >= 15 is 0 Å². The van der Waals surface area contributed by atoms with Gasteiger partial charge in [0.2, 0.25) is 11.8 Å². The summed E-state index contributed by atoms with van der Waals surface area (Å²) < 4.78 is 39.1. The summed E-state index contributed by atoms with van der Waals surface area (Å²) in [4.78, 5) is 28.5. The summed E-state index contributed by atoms with van der Waals surface area (Å²) >= 11 is 0. The number of carbonyl (C=O) groups excluding carboxylic acids is 2. The molecule has 0 fully saturated rings. The molecule has 214 valence electrons. The zero-order valence-corrected chi connectivity index (χ0v) is 24.4. The first kappa shape index (κ1) is 30.5. The van der Waals surface area contributed by atoms with Gasteiger partial charge in [0.25, 0.3) is 10.0 Å². The van der Waals surface area contributed by atoms with E-state index < -0.39 is 28.5 Å². The summed E-state index contributed by atoms with van der Waals surface area (Å²) in [5.74, 6) is 0.350. The molecule has 9 nitrogen and oxygen atoms in total. The van der Waals surface area contributed by atoms with Crippen LogP contribution in [0.25, 0.3) is 0 Å². The molecule has 3 aromatic rings. The number of rotatable bonds is 13. The average Bonchev–Trinajstić information content (AvgIpc) is 2.98. The summed E-state index contributed by atoms with van der Waals surface area (Å²) in [6.07, 6.45) is 0.728. The van der Waals surface area contributed by atoms with Crippen LogP contribution in [0, 0.1) is 0 Å². The Bertz CT molecular complexity index is 1360. The van der Waals surface area contributed by atoms with E-state index in [4.69, 9.17) is 9.47 Å². The Morgan fingerprint density at radius 3 is 1.93 bits per heavy atom. The number of nitrogens with zero attached hydrogens (tertiary/aromatic N) is 2. The van der Waals surface area contributed by atoms with E-state index in [2.05, 4.69) is 5.32 Å². The molecule has 0 aliphatic heterocycles. The Labute approximate surface area is 236 Å². The van der Waals surface area contributed by atoms with E-state index in [1.807, 2.05) is 13.8 Å². The minimum atomic E-state index is -4.13. The molecular weight excluding hydrogens is 530 g/mol. The van der Waals surface area contributed by atoms with Crippen molar-refractivity contribution in [2.75, 3.05) is 25.1 Å². The van der Waals surface area contributed by atoms with Crippen LogP contribution in [-0.2, 0) is 26.2 Å². The fraction of sp³-hybridized carbons (Fsp3) is 0.333. The fourth-order valence-corrected chi connectivity index (χ4v) is 5.41. The number of sulfonamides is 1. The molecule has 0 aromatic heterocycles. The molecule has 40 heavy (non-hydrogen) atoms. The quantitative estimate of drug-likeness (QED) is 0.332. The lowest BCUT2D eigenvalue weighted by Crippen LogP contribution is -2.52. The standard InChI is InChI=1S/C30H37N3O6S/c1-6-22(2)31-30(35)23(3)32(20-24-12-16-26(38-4)17-13-24)29(34)21-33(25-14-18-27(39-5)19-15-25)40(36,37)28-10-8-7-9-11-28/h7-19,22-23H,6,20-21H2,1-5H3,(H,31,35)/t22-,23-/m1/s1. The van der Waals surface area contributed by atoms with Crippen LogP contribution in [0.4, 0.5) is 5.69 Å². The summed E-state index contributed by atoms with van der Waals surface area (Å²) in [6.45, 7) is 5.07. The third-order valence-corrected chi connectivity index (χ3v) is 8.44. The lowest BCUT2D eigenvalue weighted by molar-refractivity contribution is -0.139. The summed E-state index contributed by atoms with van der Waals surface area (Å²) in [5.41, 5.74) is 1.05. The molecule has 2 amide bonds. The normalized spacial score (nSPS) is 12.6. The van der Waals surface area contributed by atoms with Gasteiger partial charge in [-0.3, -0.25) is 13.9 Å². The van der Waals surface area contributed by atoms with Crippen LogP contribution in [-0.4, -0.2) is 58.0 Å². The Balaban J connectivity index is 2.01. The van der Waals surface area contributed by atoms with Gasteiger partial charge in [0, 0.05) is 12.6 Å². The van der Waals surface area contributed by atoms with Gasteiger partial charge < -0.3 is 19.7 Å². The second kappa shape index (κ2) is 13.8. The summed E-state index contributed by atoms with van der Waals surface area (Å²) in [7, 11) is -1.05. The van der Waals surface area contributed by atoms with Crippen molar-refractivity contribution >= 4 is 27.5 Å². The molecule has 10 heteroatoms. The SMILES string of the molecule is CC[C@@H](C)NC(=O)[C@@H](C)N(Cc1ccc(OC)cc1)C(=O)CN(c1ccc(OC)cc1)S(=O)(=O)c1ccccc1. The van der Waals surface area contributed by atoms with Gasteiger partial charge in [-0.05, 0) is 74.4 Å². The maximum Gasteiger partial charge on any atom is 0.264 e. The van der Waals surface area contributed by atoms with Crippen LogP contribution in [0.1, 0.15) is 32.8 Å². The van der Waals surface area contributed by atoms with Crippen molar-refractivity contribution in [3.63, 3.8) is 0 Å². The first-order chi connectivity index (χ1) is 19.1. The molecule has 3 aromatic carbocycles. The number of amides is 2. The molecule has 0 radical (unpaired) electrons. The van der Waals surface area contributed by atoms with Crippen molar-refractivity contribution in [3.05, 3.63) is 84.4 Å². The highest BCUT2D eigenvalue weighted by Gasteiger charge is 2.32. The van der Waals surface area contributed by atoms with E-state index in [9.17, 15) is 18.0 Å². The van der Waals surface area contributed by atoms with E-state index in [0.29, 0.717) is 17.2 Å². The van der Waals surface area contributed by atoms with Crippen molar-refractivity contribution in [2.45, 2.75) is 50.7 Å². The van der Waals surface area contributed by atoms with Gasteiger partial charge in [0.05, 0.1) is 24.8 Å². The number of carbonyl (C=O) groups is 2. The number of nitrogens with one attached hydrogen (secondary N) is 1. The molecule has 2 atom stereocenters. The van der Waals surface area contributed by atoms with Crippen molar-refractivity contribution in [1.82, 2.24) is 10.2 Å². The minimum Gasteiger partial charge on any atom is -0.497 e. The number of hydrogen-bond acceptors (Lipinski definition) is 6. The Kier molecular flexibility index (Phi) is 10.6. The maximum atomic E-state index is 13.9. The molecule has 0 bridgehead atoms. The van der Waals surface area contributed by atoms with E-state index in [1.54, 1.807) is 80.8 Å². The largest absolute Gasteiger partial charge is 0.497 e. The van der Waals surface area contributed by atoms with Crippen LogP contribution in [0.5, 0.6) is 11.5 Å². The first-order valence-electron chi connectivity index (χ1n) is 13.0. The van der Waals surface area contributed by atoms with Crippen molar-refractivity contribution in [2.24, 2.45) is 0 Å². The minimum absolute atomic E-state index is 0.0443. The van der Waals surface area contributed by atoms with Gasteiger partial charge in [0.1, 0.15) is 24.1 Å². The van der Waals surface area contributed by atoms with Gasteiger partial charge >= 0.3 is 0 Å². The molecule has 0 spiro atoms. The van der Waals surface area contributed by atoms with Crippen molar-refractivity contribution in [1.29, 1.82) is 0 Å².